The van der Waals surface area contributed by atoms with Gasteiger partial charge in [0.05, 0.1) is 11.1 Å². The smallest absolute Gasteiger partial charge is 0.371 e. The van der Waals surface area contributed by atoms with Crippen LogP contribution in [0.15, 0.2) is 42.5 Å². The van der Waals surface area contributed by atoms with E-state index in [4.69, 9.17) is 0 Å². The molecule has 0 radical (unpaired) electrons. The van der Waals surface area contributed by atoms with E-state index in [0.717, 1.165) is 44.1 Å². The van der Waals surface area contributed by atoms with Crippen LogP contribution in [0.4, 0.5) is 28.9 Å². The maximum Gasteiger partial charge on any atom is 0.416 e. The van der Waals surface area contributed by atoms with E-state index < -0.39 is 23.5 Å². The molecule has 0 bridgehead atoms. The standard InChI is InChI=1S/C23H25F4N3O/c24-21-6-2-1-5-20(21)22(31)28-17-13-16(23(25,26)27)14-19(15-17)30-11-7-18(8-12-30)29-9-3-4-10-29/h1-2,5-6,13-15,18H,3-4,7-12H2,(H,28,31). The number of carbonyl (C=O) groups is 1. The van der Waals surface area contributed by atoms with Crippen molar-refractivity contribution in [1.29, 1.82) is 0 Å². The van der Waals surface area contributed by atoms with Crippen LogP contribution in [0.3, 0.4) is 0 Å². The van der Waals surface area contributed by atoms with Crippen molar-refractivity contribution in [3.05, 3.63) is 59.4 Å². The molecular formula is C23H25F4N3O. The number of nitrogens with one attached hydrogen (secondary N) is 1. The summed E-state index contributed by atoms with van der Waals surface area (Å²) in [6.07, 6.45) is -0.348. The second kappa shape index (κ2) is 8.86. The predicted octanol–water partition coefficient (Wildman–Crippen LogP) is 5.16. The van der Waals surface area contributed by atoms with Gasteiger partial charge in [0.15, 0.2) is 0 Å². The molecule has 0 atom stereocenters. The van der Waals surface area contributed by atoms with Gasteiger partial charge in [-0.25, -0.2) is 4.39 Å². The summed E-state index contributed by atoms with van der Waals surface area (Å²) in [6.45, 7) is 3.51. The van der Waals surface area contributed by atoms with Crippen LogP contribution in [0.25, 0.3) is 0 Å². The van der Waals surface area contributed by atoms with E-state index in [9.17, 15) is 22.4 Å². The number of amides is 1. The van der Waals surface area contributed by atoms with Crippen LogP contribution in [0.2, 0.25) is 0 Å². The van der Waals surface area contributed by atoms with Crippen LogP contribution < -0.4 is 10.2 Å². The van der Waals surface area contributed by atoms with Crippen molar-refractivity contribution in [1.82, 2.24) is 4.90 Å². The summed E-state index contributed by atoms with van der Waals surface area (Å²) in [5, 5.41) is 2.43. The Hall–Kier alpha value is -2.61. The van der Waals surface area contributed by atoms with Gasteiger partial charge >= 0.3 is 6.18 Å². The van der Waals surface area contributed by atoms with Gasteiger partial charge in [-0.3, -0.25) is 4.79 Å². The topological polar surface area (TPSA) is 35.6 Å². The highest BCUT2D eigenvalue weighted by Gasteiger charge is 2.33. The average molecular weight is 435 g/mol. The van der Waals surface area contributed by atoms with Crippen molar-refractivity contribution < 1.29 is 22.4 Å². The minimum absolute atomic E-state index is 0.000237. The lowest BCUT2D eigenvalue weighted by Gasteiger charge is -2.38. The Kier molecular flexibility index (Phi) is 6.18. The Labute approximate surface area is 178 Å². The SMILES string of the molecule is O=C(Nc1cc(N2CCC(N3CCCC3)CC2)cc(C(F)(F)F)c1)c1ccccc1F. The second-order valence-corrected chi connectivity index (χ2v) is 8.16. The molecule has 31 heavy (non-hydrogen) atoms. The summed E-state index contributed by atoms with van der Waals surface area (Å²) >= 11 is 0. The van der Waals surface area contributed by atoms with Crippen molar-refractivity contribution >= 4 is 17.3 Å². The van der Waals surface area contributed by atoms with Crippen LogP contribution in [0, 0.1) is 5.82 Å². The quantitative estimate of drug-likeness (QED) is 0.674. The fourth-order valence-electron chi connectivity index (χ4n) is 4.47. The van der Waals surface area contributed by atoms with Gasteiger partial charge in [0.2, 0.25) is 0 Å². The molecule has 1 N–H and O–H groups in total. The molecule has 1 amide bonds. The van der Waals surface area contributed by atoms with Crippen molar-refractivity contribution in [2.24, 2.45) is 0 Å². The minimum atomic E-state index is -4.55. The molecule has 166 valence electrons. The third-order valence-corrected chi connectivity index (χ3v) is 6.11. The van der Waals surface area contributed by atoms with Gasteiger partial charge in [0, 0.05) is 30.5 Å². The third kappa shape index (κ3) is 5.01. The van der Waals surface area contributed by atoms with Gasteiger partial charge in [-0.15, -0.1) is 0 Å². The molecular weight excluding hydrogens is 410 g/mol. The Morgan fingerprint density at radius 1 is 0.968 bits per heavy atom. The van der Waals surface area contributed by atoms with Gasteiger partial charge in [0.25, 0.3) is 5.91 Å². The Balaban J connectivity index is 1.54. The average Bonchev–Trinajstić information content (AvgIpc) is 3.28. The van der Waals surface area contributed by atoms with Gasteiger partial charge in [-0.2, -0.15) is 13.2 Å². The molecule has 2 aliphatic heterocycles. The lowest BCUT2D eigenvalue weighted by molar-refractivity contribution is -0.137. The number of hydrogen-bond acceptors (Lipinski definition) is 3. The number of nitrogens with zero attached hydrogens (tertiary/aromatic N) is 2. The number of hydrogen-bond donors (Lipinski definition) is 1. The molecule has 2 fully saturated rings. The van der Waals surface area contributed by atoms with E-state index in [2.05, 4.69) is 10.2 Å². The van der Waals surface area contributed by atoms with E-state index in [1.54, 1.807) is 0 Å². The first-order valence-electron chi connectivity index (χ1n) is 10.6. The van der Waals surface area contributed by atoms with Gasteiger partial charge in [-0.05, 0) is 69.1 Å². The fourth-order valence-corrected chi connectivity index (χ4v) is 4.47. The first kappa shape index (κ1) is 21.6. The molecule has 0 unspecified atom stereocenters. The van der Waals surface area contributed by atoms with Gasteiger partial charge in [-0.1, -0.05) is 12.1 Å². The van der Waals surface area contributed by atoms with Crippen molar-refractivity contribution in [3.8, 4) is 0 Å². The normalized spacial score (nSPS) is 18.4. The first-order valence-corrected chi connectivity index (χ1v) is 10.6. The zero-order valence-electron chi connectivity index (χ0n) is 17.1. The molecule has 2 aliphatic rings. The van der Waals surface area contributed by atoms with E-state index >= 15 is 0 Å². The predicted molar refractivity (Wildman–Crippen MR) is 112 cm³/mol. The summed E-state index contributed by atoms with van der Waals surface area (Å²) in [6, 6.07) is 9.39. The number of likely N-dealkylation sites (tertiary alicyclic amines) is 1. The summed E-state index contributed by atoms with van der Waals surface area (Å²) in [5.74, 6) is -1.51. The molecule has 0 aliphatic carbocycles. The van der Waals surface area contributed by atoms with Crippen LogP contribution in [0.5, 0.6) is 0 Å². The fraction of sp³-hybridized carbons (Fsp3) is 0.435. The Morgan fingerprint density at radius 3 is 2.29 bits per heavy atom. The van der Waals surface area contributed by atoms with Gasteiger partial charge in [0.1, 0.15) is 5.82 Å². The van der Waals surface area contributed by atoms with Crippen LogP contribution in [0.1, 0.15) is 41.6 Å². The molecule has 2 heterocycles. The number of alkyl halides is 3. The van der Waals surface area contributed by atoms with E-state index in [1.807, 2.05) is 4.90 Å². The number of rotatable bonds is 4. The number of piperidine rings is 1. The number of carbonyl (C=O) groups excluding carboxylic acids is 1. The second-order valence-electron chi connectivity index (χ2n) is 8.16. The van der Waals surface area contributed by atoms with E-state index in [1.165, 1.54) is 37.1 Å². The number of halogens is 4. The molecule has 0 spiro atoms. The largest absolute Gasteiger partial charge is 0.416 e. The van der Waals surface area contributed by atoms with E-state index in [0.29, 0.717) is 24.8 Å². The molecule has 0 saturated carbocycles. The zero-order valence-corrected chi connectivity index (χ0v) is 17.1. The number of benzene rings is 2. The molecule has 2 aromatic rings. The zero-order chi connectivity index (χ0) is 22.0. The van der Waals surface area contributed by atoms with Crippen molar-refractivity contribution in [3.63, 3.8) is 0 Å². The third-order valence-electron chi connectivity index (χ3n) is 6.11. The molecule has 2 aromatic carbocycles. The monoisotopic (exact) mass is 435 g/mol. The first-order chi connectivity index (χ1) is 14.8. The van der Waals surface area contributed by atoms with E-state index in [-0.39, 0.29) is 11.3 Å². The highest BCUT2D eigenvalue weighted by atomic mass is 19.4. The summed E-state index contributed by atoms with van der Waals surface area (Å²) in [5.41, 5.74) is -0.637. The molecule has 4 nitrogen and oxygen atoms in total. The summed E-state index contributed by atoms with van der Waals surface area (Å²) in [7, 11) is 0. The van der Waals surface area contributed by atoms with Gasteiger partial charge < -0.3 is 15.1 Å². The maximum atomic E-state index is 13.9. The lowest BCUT2D eigenvalue weighted by Crippen LogP contribution is -2.43. The Bertz CT molecular complexity index is 933. The molecule has 0 aromatic heterocycles. The van der Waals surface area contributed by atoms with Crippen LogP contribution in [-0.4, -0.2) is 43.0 Å². The lowest BCUT2D eigenvalue weighted by atomic mass is 10.0. The molecule has 2 saturated heterocycles. The highest BCUT2D eigenvalue weighted by molar-refractivity contribution is 6.04. The number of anilines is 2. The molecule has 4 rings (SSSR count). The van der Waals surface area contributed by atoms with Crippen molar-refractivity contribution in [2.75, 3.05) is 36.4 Å². The maximum absolute atomic E-state index is 13.9. The van der Waals surface area contributed by atoms with Crippen LogP contribution in [-0.2, 0) is 6.18 Å². The summed E-state index contributed by atoms with van der Waals surface area (Å²) in [4.78, 5) is 16.8. The molecule has 8 heteroatoms. The minimum Gasteiger partial charge on any atom is -0.371 e. The van der Waals surface area contributed by atoms with Crippen molar-refractivity contribution in [2.45, 2.75) is 37.9 Å². The Morgan fingerprint density at radius 2 is 1.65 bits per heavy atom. The van der Waals surface area contributed by atoms with Crippen LogP contribution >= 0.6 is 0 Å². The summed E-state index contributed by atoms with van der Waals surface area (Å²) < 4.78 is 54.4. The highest BCUT2D eigenvalue weighted by Crippen LogP contribution is 2.36.